The second-order valence-electron chi connectivity index (χ2n) is 3.96. The minimum atomic E-state index is -0.605. The number of nitrogens with one attached hydrogen (secondary N) is 1. The Labute approximate surface area is 123 Å². The van der Waals surface area contributed by atoms with E-state index in [1.807, 2.05) is 0 Å². The first kappa shape index (κ1) is 14.3. The number of rotatable bonds is 3. The molecule has 2 aromatic rings. The summed E-state index contributed by atoms with van der Waals surface area (Å²) in [6, 6.07) is 8.22. The zero-order valence-corrected chi connectivity index (χ0v) is 12.1. The average Bonchev–Trinajstić information content (AvgIpc) is 2.38. The van der Waals surface area contributed by atoms with Crippen molar-refractivity contribution in [2.75, 3.05) is 12.4 Å². The molecule has 2 aromatic carbocycles. The molecule has 104 valence electrons. The minimum absolute atomic E-state index is 0.00154. The molecule has 0 heterocycles. The van der Waals surface area contributed by atoms with Gasteiger partial charge in [-0.1, -0.05) is 0 Å². The first-order valence-electron chi connectivity index (χ1n) is 5.64. The van der Waals surface area contributed by atoms with E-state index in [1.165, 1.54) is 13.2 Å². The van der Waals surface area contributed by atoms with Crippen molar-refractivity contribution in [3.63, 3.8) is 0 Å². The van der Waals surface area contributed by atoms with Gasteiger partial charge in [0.05, 0.1) is 17.1 Å². The molecular weight excluding hydrogens is 329 g/mol. The lowest BCUT2D eigenvalue weighted by Crippen LogP contribution is -2.12. The van der Waals surface area contributed by atoms with Gasteiger partial charge in [-0.25, -0.2) is 4.39 Å². The average molecular weight is 340 g/mol. The van der Waals surface area contributed by atoms with Crippen molar-refractivity contribution in [2.24, 2.45) is 0 Å². The molecule has 0 saturated heterocycles. The van der Waals surface area contributed by atoms with Crippen molar-refractivity contribution in [1.82, 2.24) is 0 Å². The van der Waals surface area contributed by atoms with Crippen LogP contribution in [0.4, 0.5) is 10.1 Å². The number of halogens is 2. The maximum Gasteiger partial charge on any atom is 0.259 e. The first-order chi connectivity index (χ1) is 9.51. The fourth-order valence-electron chi connectivity index (χ4n) is 1.64. The number of hydrogen-bond acceptors (Lipinski definition) is 3. The van der Waals surface area contributed by atoms with Crippen LogP contribution in [0, 0.1) is 5.82 Å². The molecule has 0 aliphatic rings. The molecule has 0 radical (unpaired) electrons. The number of carbonyl (C=O) groups excluding carboxylic acids is 1. The number of anilines is 1. The Balaban J connectivity index is 2.21. The van der Waals surface area contributed by atoms with Gasteiger partial charge in [-0.15, -0.1) is 0 Å². The molecule has 0 fully saturated rings. The molecule has 0 aliphatic heterocycles. The van der Waals surface area contributed by atoms with Gasteiger partial charge in [-0.3, -0.25) is 4.79 Å². The van der Waals surface area contributed by atoms with Crippen molar-refractivity contribution in [2.45, 2.75) is 0 Å². The second-order valence-corrected chi connectivity index (χ2v) is 4.82. The van der Waals surface area contributed by atoms with Gasteiger partial charge < -0.3 is 15.2 Å². The third-order valence-corrected chi connectivity index (χ3v) is 3.23. The summed E-state index contributed by atoms with van der Waals surface area (Å²) in [4.78, 5) is 12.0. The number of phenols is 1. The lowest BCUT2D eigenvalue weighted by Gasteiger charge is -2.09. The van der Waals surface area contributed by atoms with Crippen LogP contribution in [0.2, 0.25) is 0 Å². The zero-order chi connectivity index (χ0) is 14.7. The summed E-state index contributed by atoms with van der Waals surface area (Å²) >= 11 is 3.30. The number of phenolic OH excluding ortho intramolecular Hbond substituents is 1. The highest BCUT2D eigenvalue weighted by molar-refractivity contribution is 9.10. The molecule has 0 bridgehead atoms. The Bertz CT molecular complexity index is 661. The van der Waals surface area contributed by atoms with Crippen LogP contribution >= 0.6 is 15.9 Å². The molecule has 20 heavy (non-hydrogen) atoms. The fraction of sp³-hybridized carbons (Fsp3) is 0.0714. The highest BCUT2D eigenvalue weighted by atomic mass is 79.9. The van der Waals surface area contributed by atoms with Crippen LogP contribution in [0.1, 0.15) is 10.4 Å². The predicted molar refractivity (Wildman–Crippen MR) is 76.7 cm³/mol. The van der Waals surface area contributed by atoms with E-state index >= 15 is 0 Å². The third-order valence-electron chi connectivity index (χ3n) is 2.61. The lowest BCUT2D eigenvalue weighted by atomic mass is 10.1. The largest absolute Gasteiger partial charge is 0.507 e. The van der Waals surface area contributed by atoms with Crippen LogP contribution in [0.3, 0.4) is 0 Å². The number of amides is 1. The van der Waals surface area contributed by atoms with Crippen LogP contribution in [-0.4, -0.2) is 18.1 Å². The molecule has 0 atom stereocenters. The van der Waals surface area contributed by atoms with E-state index in [0.717, 1.165) is 12.1 Å². The van der Waals surface area contributed by atoms with Gasteiger partial charge in [0.15, 0.2) is 0 Å². The van der Waals surface area contributed by atoms with E-state index in [-0.39, 0.29) is 5.56 Å². The molecule has 4 nitrogen and oxygen atoms in total. The highest BCUT2D eigenvalue weighted by Gasteiger charge is 2.12. The van der Waals surface area contributed by atoms with Crippen molar-refractivity contribution in [3.8, 4) is 11.5 Å². The van der Waals surface area contributed by atoms with Gasteiger partial charge in [-0.05, 0) is 46.3 Å². The molecule has 2 rings (SSSR count). The van der Waals surface area contributed by atoms with Gasteiger partial charge in [0.25, 0.3) is 5.91 Å². The summed E-state index contributed by atoms with van der Waals surface area (Å²) in [6.45, 7) is 0. The number of carbonyl (C=O) groups is 1. The van der Waals surface area contributed by atoms with Gasteiger partial charge in [0, 0.05) is 11.8 Å². The summed E-state index contributed by atoms with van der Waals surface area (Å²) in [5.41, 5.74) is 0.518. The summed E-state index contributed by atoms with van der Waals surface area (Å²) in [7, 11) is 1.54. The number of methoxy groups -OCH3 is 1. The van der Waals surface area contributed by atoms with E-state index in [1.54, 1.807) is 18.2 Å². The number of ether oxygens (including phenoxy) is 1. The Morgan fingerprint density at radius 2 is 2.05 bits per heavy atom. The predicted octanol–water partition coefficient (Wildman–Crippen LogP) is 3.55. The standard InChI is InChI=1S/C14H11BrFNO3/c1-20-13-5-3-9(7-11(13)15)17-14(19)10-4-2-8(16)6-12(10)18/h2-7,18H,1H3,(H,17,19). The van der Waals surface area contributed by atoms with E-state index in [9.17, 15) is 14.3 Å². The monoisotopic (exact) mass is 339 g/mol. The van der Waals surface area contributed by atoms with Gasteiger partial charge >= 0.3 is 0 Å². The van der Waals surface area contributed by atoms with Crippen LogP contribution in [0.15, 0.2) is 40.9 Å². The summed E-state index contributed by atoms with van der Waals surface area (Å²) in [6.07, 6.45) is 0. The van der Waals surface area contributed by atoms with Crippen molar-refractivity contribution < 1.29 is 19.0 Å². The normalized spacial score (nSPS) is 10.2. The van der Waals surface area contributed by atoms with E-state index in [2.05, 4.69) is 21.2 Å². The van der Waals surface area contributed by atoms with Gasteiger partial charge in [0.1, 0.15) is 17.3 Å². The smallest absolute Gasteiger partial charge is 0.259 e. The van der Waals surface area contributed by atoms with Crippen molar-refractivity contribution in [3.05, 3.63) is 52.3 Å². The fourth-order valence-corrected chi connectivity index (χ4v) is 2.18. The molecule has 2 N–H and O–H groups in total. The SMILES string of the molecule is COc1ccc(NC(=O)c2ccc(F)cc2O)cc1Br. The van der Waals surface area contributed by atoms with E-state index < -0.39 is 17.5 Å². The van der Waals surface area contributed by atoms with Gasteiger partial charge in [-0.2, -0.15) is 0 Å². The van der Waals surface area contributed by atoms with E-state index in [0.29, 0.717) is 15.9 Å². The summed E-state index contributed by atoms with van der Waals surface area (Å²) in [5.74, 6) is -0.909. The van der Waals surface area contributed by atoms with Crippen LogP contribution < -0.4 is 10.1 Å². The summed E-state index contributed by atoms with van der Waals surface area (Å²) in [5, 5.41) is 12.2. The quantitative estimate of drug-likeness (QED) is 0.898. The lowest BCUT2D eigenvalue weighted by molar-refractivity contribution is 0.102. The molecular formula is C14H11BrFNO3. The first-order valence-corrected chi connectivity index (χ1v) is 6.44. The van der Waals surface area contributed by atoms with Crippen LogP contribution in [0.25, 0.3) is 0 Å². The minimum Gasteiger partial charge on any atom is -0.507 e. The maximum absolute atomic E-state index is 12.9. The van der Waals surface area contributed by atoms with Gasteiger partial charge in [0.2, 0.25) is 0 Å². The molecule has 0 unspecified atom stereocenters. The zero-order valence-electron chi connectivity index (χ0n) is 10.5. The Kier molecular flexibility index (Phi) is 4.24. The Morgan fingerprint density at radius 3 is 2.65 bits per heavy atom. The van der Waals surface area contributed by atoms with Crippen molar-refractivity contribution >= 4 is 27.5 Å². The summed E-state index contributed by atoms with van der Waals surface area (Å²) < 4.78 is 18.6. The second kappa shape index (κ2) is 5.92. The molecule has 0 spiro atoms. The molecule has 1 amide bonds. The topological polar surface area (TPSA) is 58.6 Å². The van der Waals surface area contributed by atoms with Crippen molar-refractivity contribution in [1.29, 1.82) is 0 Å². The number of aromatic hydroxyl groups is 1. The molecule has 0 saturated carbocycles. The van der Waals surface area contributed by atoms with Crippen LogP contribution in [-0.2, 0) is 0 Å². The molecule has 0 aromatic heterocycles. The highest BCUT2D eigenvalue weighted by Crippen LogP contribution is 2.28. The maximum atomic E-state index is 12.9. The third kappa shape index (κ3) is 3.08. The van der Waals surface area contributed by atoms with Crippen LogP contribution in [0.5, 0.6) is 11.5 Å². The molecule has 0 aliphatic carbocycles. The molecule has 6 heteroatoms. The van der Waals surface area contributed by atoms with E-state index in [4.69, 9.17) is 4.74 Å². The Hall–Kier alpha value is -2.08. The Morgan fingerprint density at radius 1 is 1.30 bits per heavy atom. The number of benzene rings is 2. The number of hydrogen-bond donors (Lipinski definition) is 2.